The minimum atomic E-state index is -0.994. The van der Waals surface area contributed by atoms with E-state index in [0.29, 0.717) is 24.7 Å². The first-order valence-electron chi connectivity index (χ1n) is 11.8. The van der Waals surface area contributed by atoms with Gasteiger partial charge >= 0.3 is 0 Å². The van der Waals surface area contributed by atoms with Crippen molar-refractivity contribution >= 4 is 29.8 Å². The zero-order valence-corrected chi connectivity index (χ0v) is 21.1. The van der Waals surface area contributed by atoms with Crippen LogP contribution in [0.3, 0.4) is 0 Å². The quantitative estimate of drug-likeness (QED) is 0.133. The van der Waals surface area contributed by atoms with Crippen LogP contribution in [0.1, 0.15) is 44.7 Å². The zero-order valence-electron chi connectivity index (χ0n) is 21.1. The average Bonchev–Trinajstić information content (AvgIpc) is 2.89. The van der Waals surface area contributed by atoms with E-state index in [-0.39, 0.29) is 19.5 Å². The van der Waals surface area contributed by atoms with Gasteiger partial charge in [0.25, 0.3) is 0 Å². The maximum absolute atomic E-state index is 12.9. The summed E-state index contributed by atoms with van der Waals surface area (Å²) < 4.78 is 0. The first kappa shape index (κ1) is 30.6. The Labute approximate surface area is 211 Å². The molecule has 3 amide bonds. The lowest BCUT2D eigenvalue weighted by Gasteiger charge is -2.28. The van der Waals surface area contributed by atoms with Crippen molar-refractivity contribution in [3.05, 3.63) is 48.6 Å². The second-order valence-electron chi connectivity index (χ2n) is 8.17. The lowest BCUT2D eigenvalue weighted by Crippen LogP contribution is -2.54. The summed E-state index contributed by atoms with van der Waals surface area (Å²) in [7, 11) is 1.47. The van der Waals surface area contributed by atoms with Crippen LogP contribution >= 0.6 is 0 Å². The molecule has 0 saturated carbocycles. The Morgan fingerprint density at radius 3 is 2.39 bits per heavy atom. The highest BCUT2D eigenvalue weighted by Gasteiger charge is 2.31. The third-order valence-corrected chi connectivity index (χ3v) is 5.47. The van der Waals surface area contributed by atoms with Gasteiger partial charge in [-0.1, -0.05) is 49.8 Å². The first-order valence-corrected chi connectivity index (χ1v) is 11.8. The van der Waals surface area contributed by atoms with Gasteiger partial charge in [0.05, 0.1) is 19.1 Å². The van der Waals surface area contributed by atoms with Gasteiger partial charge in [-0.25, -0.2) is 0 Å². The van der Waals surface area contributed by atoms with Gasteiger partial charge in [-0.2, -0.15) is 5.48 Å². The van der Waals surface area contributed by atoms with Gasteiger partial charge in [0.1, 0.15) is 24.5 Å². The molecule has 0 aliphatic rings. The van der Waals surface area contributed by atoms with Gasteiger partial charge < -0.3 is 26.1 Å². The van der Waals surface area contributed by atoms with E-state index >= 15 is 0 Å². The van der Waals surface area contributed by atoms with Gasteiger partial charge in [0.15, 0.2) is 5.78 Å². The van der Waals surface area contributed by atoms with Crippen molar-refractivity contribution in [2.24, 2.45) is 5.73 Å². The van der Waals surface area contributed by atoms with Crippen molar-refractivity contribution in [3.8, 4) is 0 Å². The number of nitrogens with zero attached hydrogens (tertiary/aromatic N) is 1. The molecule has 11 nitrogen and oxygen atoms in total. The molecule has 0 aromatic heterocycles. The fourth-order valence-corrected chi connectivity index (χ4v) is 3.41. The molecule has 0 radical (unpaired) electrons. The normalized spacial score (nSPS) is 14.0. The van der Waals surface area contributed by atoms with Gasteiger partial charge in [0, 0.05) is 7.05 Å². The van der Waals surface area contributed by atoms with Crippen LogP contribution in [0.4, 0.5) is 0 Å². The summed E-state index contributed by atoms with van der Waals surface area (Å²) in [6, 6.07) is 6.21. The van der Waals surface area contributed by atoms with Crippen molar-refractivity contribution in [2.75, 3.05) is 20.1 Å². The number of hydrogen-bond acceptors (Lipinski definition) is 8. The number of amides is 3. The van der Waals surface area contributed by atoms with E-state index in [2.05, 4.69) is 22.7 Å². The molecule has 0 aliphatic heterocycles. The van der Waals surface area contributed by atoms with Crippen LogP contribution in [0.15, 0.2) is 43.0 Å². The van der Waals surface area contributed by atoms with Crippen LogP contribution < -0.4 is 21.8 Å². The Bertz CT molecular complexity index is 894. The maximum Gasteiger partial charge on any atom is 0.243 e. The number of nitrogens with one attached hydrogen (secondary N) is 3. The summed E-state index contributed by atoms with van der Waals surface area (Å²) in [5.41, 5.74) is 8.48. The second-order valence-corrected chi connectivity index (χ2v) is 8.17. The number of likely N-dealkylation sites (N-methyl/N-ethyl adjacent to an activating group) is 1. The highest BCUT2D eigenvalue weighted by Crippen LogP contribution is 2.10. The molecule has 0 heterocycles. The number of benzene rings is 1. The number of hydroxylamine groups is 1. The van der Waals surface area contributed by atoms with E-state index in [0.717, 1.165) is 0 Å². The molecule has 36 heavy (non-hydrogen) atoms. The predicted molar refractivity (Wildman–Crippen MR) is 134 cm³/mol. The lowest BCUT2D eigenvalue weighted by atomic mass is 10.0. The summed E-state index contributed by atoms with van der Waals surface area (Å²) >= 11 is 0. The molecule has 4 atom stereocenters. The van der Waals surface area contributed by atoms with Crippen molar-refractivity contribution in [1.82, 2.24) is 21.0 Å². The summed E-state index contributed by atoms with van der Waals surface area (Å²) in [4.78, 5) is 67.9. The predicted octanol–water partition coefficient (Wildman–Crippen LogP) is 0.168. The minimum absolute atomic E-state index is 0.189. The number of ketones is 1. The Hall–Kier alpha value is -3.41. The van der Waals surface area contributed by atoms with E-state index in [1.807, 2.05) is 6.92 Å². The molecular weight excluding hydrogens is 466 g/mol. The van der Waals surface area contributed by atoms with Crippen molar-refractivity contribution in [2.45, 2.75) is 57.3 Å². The highest BCUT2D eigenvalue weighted by molar-refractivity contribution is 5.94. The zero-order chi connectivity index (χ0) is 27.1. The van der Waals surface area contributed by atoms with Crippen LogP contribution in [-0.2, 0) is 28.8 Å². The number of carbonyl (C=O) groups is 5. The fourth-order valence-electron chi connectivity index (χ4n) is 3.41. The van der Waals surface area contributed by atoms with E-state index in [1.165, 1.54) is 24.9 Å². The highest BCUT2D eigenvalue weighted by atomic mass is 16.7. The number of carbonyl (C=O) groups excluding carboxylic acids is 5. The van der Waals surface area contributed by atoms with Crippen LogP contribution in [-0.4, -0.2) is 73.0 Å². The van der Waals surface area contributed by atoms with Crippen LogP contribution in [0.25, 0.3) is 0 Å². The summed E-state index contributed by atoms with van der Waals surface area (Å²) in [6.45, 7) is 6.43. The fraction of sp³-hybridized carbons (Fsp3) is 0.480. The SMILES string of the molecule is C=CCC(C(=O)NC(CCC)C(=O)C(C)ONCC(=O)N[C@H](C=O)c1ccccc1)N(C)C(=O)CN. The smallest absolute Gasteiger partial charge is 0.243 e. The van der Waals surface area contributed by atoms with E-state index in [4.69, 9.17) is 10.6 Å². The summed E-state index contributed by atoms with van der Waals surface area (Å²) in [6.07, 6.45) is 2.29. The molecule has 3 unspecified atom stereocenters. The molecule has 0 fully saturated rings. The Morgan fingerprint density at radius 2 is 1.83 bits per heavy atom. The average molecular weight is 504 g/mol. The molecule has 0 aliphatic carbocycles. The van der Waals surface area contributed by atoms with E-state index < -0.39 is 47.7 Å². The Kier molecular flexibility index (Phi) is 13.9. The van der Waals surface area contributed by atoms with Crippen molar-refractivity contribution < 1.29 is 28.8 Å². The molecule has 11 heteroatoms. The van der Waals surface area contributed by atoms with Gasteiger partial charge in [-0.3, -0.25) is 24.0 Å². The molecule has 0 saturated heterocycles. The molecule has 0 bridgehead atoms. The standard InChI is InChI=1S/C25H37N5O6/c1-5-10-19(29-25(35)21(11-6-2)30(4)23(33)14-26)24(34)17(3)36-27-15-22(32)28-20(16-31)18-12-8-7-9-13-18/h6-9,12-13,16-17,19-21,27H,2,5,10-11,14-15,26H2,1,3-4H3,(H,28,32)(H,29,35)/t17?,19?,20-,21?/m1/s1. The molecule has 5 N–H and O–H groups in total. The third kappa shape index (κ3) is 9.68. The maximum atomic E-state index is 12.9. The third-order valence-electron chi connectivity index (χ3n) is 5.47. The minimum Gasteiger partial charge on any atom is -0.344 e. The number of nitrogens with two attached hydrogens (primary N) is 1. The molecule has 198 valence electrons. The van der Waals surface area contributed by atoms with Crippen LogP contribution in [0, 0.1) is 0 Å². The van der Waals surface area contributed by atoms with Crippen LogP contribution in [0.5, 0.6) is 0 Å². The van der Waals surface area contributed by atoms with E-state index in [1.54, 1.807) is 30.3 Å². The topological polar surface area (TPSA) is 160 Å². The van der Waals surface area contributed by atoms with Crippen molar-refractivity contribution in [3.63, 3.8) is 0 Å². The Morgan fingerprint density at radius 1 is 1.17 bits per heavy atom. The Balaban J connectivity index is 2.68. The molecule has 1 aromatic carbocycles. The summed E-state index contributed by atoms with van der Waals surface area (Å²) in [5, 5.41) is 5.26. The number of aldehydes is 1. The van der Waals surface area contributed by atoms with Crippen LogP contribution in [0.2, 0.25) is 0 Å². The lowest BCUT2D eigenvalue weighted by molar-refractivity contribution is -0.143. The second kappa shape index (κ2) is 16.3. The molecule has 1 rings (SSSR count). The largest absolute Gasteiger partial charge is 0.344 e. The number of rotatable bonds is 17. The van der Waals surface area contributed by atoms with Gasteiger partial charge in [-0.05, 0) is 25.3 Å². The van der Waals surface area contributed by atoms with Crippen molar-refractivity contribution in [1.29, 1.82) is 0 Å². The van der Waals surface area contributed by atoms with Gasteiger partial charge in [-0.15, -0.1) is 6.58 Å². The molecular formula is C25H37N5O6. The number of Topliss-reactive ketones (excluding diaryl/α,β-unsaturated/α-hetero) is 1. The van der Waals surface area contributed by atoms with E-state index in [9.17, 15) is 24.0 Å². The molecule has 1 aromatic rings. The summed E-state index contributed by atoms with van der Waals surface area (Å²) in [5.74, 6) is -1.84. The first-order chi connectivity index (χ1) is 17.2. The molecule has 0 spiro atoms. The number of hydrogen-bond donors (Lipinski definition) is 4. The monoisotopic (exact) mass is 503 g/mol. The van der Waals surface area contributed by atoms with Gasteiger partial charge in [0.2, 0.25) is 17.7 Å².